The first-order valence-corrected chi connectivity index (χ1v) is 7.23. The van der Waals surface area contributed by atoms with Crippen molar-refractivity contribution >= 4 is 37.3 Å². The van der Waals surface area contributed by atoms with Crippen molar-refractivity contribution in [3.8, 4) is 6.07 Å². The number of halogens is 1. The Bertz CT molecular complexity index is 475. The maximum absolute atomic E-state index is 11.4. The first-order chi connectivity index (χ1) is 6.95. The molecule has 0 aliphatic rings. The van der Waals surface area contributed by atoms with Crippen LogP contribution in [0.25, 0.3) is 0 Å². The van der Waals surface area contributed by atoms with Gasteiger partial charge in [0, 0.05) is 11.4 Å². The zero-order valence-corrected chi connectivity index (χ0v) is 11.1. The molecule has 15 heavy (non-hydrogen) atoms. The lowest BCUT2D eigenvalue weighted by Crippen LogP contribution is -2.30. The summed E-state index contributed by atoms with van der Waals surface area (Å²) in [6.07, 6.45) is 0. The van der Waals surface area contributed by atoms with Crippen molar-refractivity contribution in [2.45, 2.75) is 18.7 Å². The van der Waals surface area contributed by atoms with Crippen molar-refractivity contribution in [1.29, 1.82) is 5.26 Å². The van der Waals surface area contributed by atoms with E-state index in [4.69, 9.17) is 5.26 Å². The van der Waals surface area contributed by atoms with Gasteiger partial charge < -0.3 is 0 Å². The van der Waals surface area contributed by atoms with E-state index < -0.39 is 15.3 Å². The van der Waals surface area contributed by atoms with E-state index in [0.717, 1.165) is 8.66 Å². The molecule has 0 spiro atoms. The molecule has 4 nitrogen and oxygen atoms in total. The number of hydrogen-bond acceptors (Lipinski definition) is 4. The van der Waals surface area contributed by atoms with Crippen LogP contribution in [0.2, 0.25) is 0 Å². The Morgan fingerprint density at radius 1 is 1.67 bits per heavy atom. The molecule has 0 fully saturated rings. The van der Waals surface area contributed by atoms with Gasteiger partial charge in [-0.15, -0.1) is 11.3 Å². The molecule has 1 aromatic rings. The smallest absolute Gasteiger partial charge is 0.211 e. The van der Waals surface area contributed by atoms with E-state index in [9.17, 15) is 8.42 Å². The first-order valence-electron chi connectivity index (χ1n) is 4.08. The van der Waals surface area contributed by atoms with Gasteiger partial charge in [-0.1, -0.05) is 0 Å². The number of thiophene rings is 1. The molecule has 1 rings (SSSR count). The molecule has 0 amide bonds. The van der Waals surface area contributed by atoms with Crippen LogP contribution in [0.5, 0.6) is 0 Å². The third-order valence-electron chi connectivity index (χ3n) is 1.72. The van der Waals surface area contributed by atoms with Crippen molar-refractivity contribution in [1.82, 2.24) is 4.72 Å². The van der Waals surface area contributed by atoms with Crippen molar-refractivity contribution in [3.05, 3.63) is 20.8 Å². The van der Waals surface area contributed by atoms with Gasteiger partial charge in [0.25, 0.3) is 0 Å². The molecule has 0 aromatic carbocycles. The van der Waals surface area contributed by atoms with Crippen LogP contribution in [0.4, 0.5) is 0 Å². The van der Waals surface area contributed by atoms with Gasteiger partial charge in [0.2, 0.25) is 10.0 Å². The Balaban J connectivity index is 2.62. The van der Waals surface area contributed by atoms with Gasteiger partial charge in [-0.05, 0) is 35.0 Å². The predicted molar refractivity (Wildman–Crippen MR) is 62.9 cm³/mol. The van der Waals surface area contributed by atoms with Gasteiger partial charge in [0.15, 0.2) is 5.25 Å². The van der Waals surface area contributed by atoms with Crippen LogP contribution in [0.15, 0.2) is 15.9 Å². The highest BCUT2D eigenvalue weighted by atomic mass is 79.9. The van der Waals surface area contributed by atoms with Crippen LogP contribution >= 0.6 is 27.3 Å². The molecule has 1 heterocycles. The molecule has 7 heteroatoms. The fourth-order valence-corrected chi connectivity index (χ4v) is 3.07. The molecule has 1 unspecified atom stereocenters. The molecule has 82 valence electrons. The van der Waals surface area contributed by atoms with Crippen molar-refractivity contribution in [2.24, 2.45) is 0 Å². The van der Waals surface area contributed by atoms with E-state index in [1.54, 1.807) is 6.07 Å². The molecular weight excluding hydrogens is 300 g/mol. The third-order valence-corrected chi connectivity index (χ3v) is 4.93. The number of sulfonamides is 1. The van der Waals surface area contributed by atoms with Gasteiger partial charge in [0.05, 0.1) is 9.86 Å². The Morgan fingerprint density at radius 2 is 2.33 bits per heavy atom. The average molecular weight is 309 g/mol. The lowest BCUT2D eigenvalue weighted by atomic mass is 10.5. The number of nitrogens with one attached hydrogen (secondary N) is 1. The minimum atomic E-state index is -3.52. The number of rotatable bonds is 4. The van der Waals surface area contributed by atoms with E-state index >= 15 is 0 Å². The average Bonchev–Trinajstić information content (AvgIpc) is 2.60. The summed E-state index contributed by atoms with van der Waals surface area (Å²) in [7, 11) is -3.52. The Labute approximate surface area is 101 Å². The van der Waals surface area contributed by atoms with Crippen LogP contribution in [0, 0.1) is 11.3 Å². The summed E-state index contributed by atoms with van der Waals surface area (Å²) in [4.78, 5) is 0.899. The SMILES string of the molecule is CC(C#N)S(=O)(=O)NCc1ccc(Br)s1. The molecule has 1 atom stereocenters. The number of nitrogens with zero attached hydrogens (tertiary/aromatic N) is 1. The van der Waals surface area contributed by atoms with Crippen LogP contribution in [0.1, 0.15) is 11.8 Å². The second-order valence-electron chi connectivity index (χ2n) is 2.84. The molecule has 0 bridgehead atoms. The summed E-state index contributed by atoms with van der Waals surface area (Å²) >= 11 is 4.74. The van der Waals surface area contributed by atoms with E-state index in [-0.39, 0.29) is 6.54 Å². The zero-order valence-electron chi connectivity index (χ0n) is 7.90. The van der Waals surface area contributed by atoms with Crippen LogP contribution in [-0.2, 0) is 16.6 Å². The minimum Gasteiger partial charge on any atom is -0.211 e. The Morgan fingerprint density at radius 3 is 2.80 bits per heavy atom. The molecule has 0 radical (unpaired) electrons. The third kappa shape index (κ3) is 3.57. The Hall–Kier alpha value is -0.420. The normalized spacial score (nSPS) is 13.4. The summed E-state index contributed by atoms with van der Waals surface area (Å²) in [6, 6.07) is 5.37. The van der Waals surface area contributed by atoms with Crippen LogP contribution in [-0.4, -0.2) is 13.7 Å². The summed E-state index contributed by atoms with van der Waals surface area (Å²) < 4.78 is 26.1. The topological polar surface area (TPSA) is 70.0 Å². The minimum absolute atomic E-state index is 0.227. The van der Waals surface area contributed by atoms with Crippen molar-refractivity contribution in [2.75, 3.05) is 0 Å². The lowest BCUT2D eigenvalue weighted by Gasteiger charge is -2.05. The van der Waals surface area contributed by atoms with Gasteiger partial charge in [-0.2, -0.15) is 5.26 Å². The fourth-order valence-electron chi connectivity index (χ4n) is 0.813. The maximum atomic E-state index is 11.4. The highest BCUT2D eigenvalue weighted by molar-refractivity contribution is 9.11. The molecule has 0 aliphatic carbocycles. The van der Waals surface area contributed by atoms with E-state index in [2.05, 4.69) is 20.7 Å². The van der Waals surface area contributed by atoms with E-state index in [0.29, 0.717) is 0 Å². The summed E-state index contributed by atoms with van der Waals surface area (Å²) in [5, 5.41) is 7.47. The van der Waals surface area contributed by atoms with Gasteiger partial charge in [-0.3, -0.25) is 0 Å². The highest BCUT2D eigenvalue weighted by Gasteiger charge is 2.19. The van der Waals surface area contributed by atoms with Crippen LogP contribution < -0.4 is 4.72 Å². The zero-order chi connectivity index (χ0) is 11.5. The lowest BCUT2D eigenvalue weighted by molar-refractivity contribution is 0.577. The molecule has 1 aromatic heterocycles. The van der Waals surface area contributed by atoms with Crippen molar-refractivity contribution in [3.63, 3.8) is 0 Å². The number of nitriles is 1. The molecule has 0 saturated carbocycles. The Kier molecular flexibility index (Phi) is 4.28. The highest BCUT2D eigenvalue weighted by Crippen LogP contribution is 2.21. The molecule has 0 aliphatic heterocycles. The largest absolute Gasteiger partial charge is 0.228 e. The van der Waals surface area contributed by atoms with E-state index in [1.165, 1.54) is 18.3 Å². The van der Waals surface area contributed by atoms with Gasteiger partial charge >= 0.3 is 0 Å². The maximum Gasteiger partial charge on any atom is 0.228 e. The second kappa shape index (κ2) is 5.07. The van der Waals surface area contributed by atoms with E-state index in [1.807, 2.05) is 12.1 Å². The number of hydrogen-bond donors (Lipinski definition) is 1. The molecular formula is C8H9BrN2O2S2. The summed E-state index contributed by atoms with van der Waals surface area (Å²) in [5.74, 6) is 0. The molecule has 0 saturated heterocycles. The van der Waals surface area contributed by atoms with Gasteiger partial charge in [0.1, 0.15) is 0 Å². The predicted octanol–water partition coefficient (Wildman–Crippen LogP) is 1.84. The van der Waals surface area contributed by atoms with Crippen molar-refractivity contribution < 1.29 is 8.42 Å². The quantitative estimate of drug-likeness (QED) is 0.922. The van der Waals surface area contributed by atoms with Gasteiger partial charge in [-0.25, -0.2) is 13.1 Å². The fraction of sp³-hybridized carbons (Fsp3) is 0.375. The second-order valence-corrected chi connectivity index (χ2v) is 7.48. The molecule has 1 N–H and O–H groups in total. The summed E-state index contributed by atoms with van der Waals surface area (Å²) in [5.41, 5.74) is 0. The first kappa shape index (κ1) is 12.6. The van der Waals surface area contributed by atoms with Crippen LogP contribution in [0.3, 0.4) is 0 Å². The summed E-state index contributed by atoms with van der Waals surface area (Å²) in [6.45, 7) is 1.58. The standard InChI is InChI=1S/C8H9BrN2O2S2/c1-6(4-10)15(12,13)11-5-7-2-3-8(9)14-7/h2-3,6,11H,5H2,1H3. The monoisotopic (exact) mass is 308 g/mol.